The number of benzene rings is 2. The van der Waals surface area contributed by atoms with Crippen LogP contribution in [0.1, 0.15) is 48.0 Å². The summed E-state index contributed by atoms with van der Waals surface area (Å²) in [4.78, 5) is 25.1. The van der Waals surface area contributed by atoms with Gasteiger partial charge in [0.1, 0.15) is 0 Å². The third-order valence-electron chi connectivity index (χ3n) is 5.43. The predicted molar refractivity (Wildman–Crippen MR) is 134 cm³/mol. The Bertz CT molecular complexity index is 1030. The highest BCUT2D eigenvalue weighted by Gasteiger charge is 2.19. The number of ether oxygens (including phenoxy) is 2. The van der Waals surface area contributed by atoms with E-state index < -0.39 is 5.91 Å². The van der Waals surface area contributed by atoms with E-state index in [4.69, 9.17) is 21.7 Å². The highest BCUT2D eigenvalue weighted by molar-refractivity contribution is 7.80. The lowest BCUT2D eigenvalue weighted by Gasteiger charge is -2.23. The van der Waals surface area contributed by atoms with Crippen LogP contribution < -0.4 is 25.4 Å². The molecule has 1 aliphatic carbocycles. The smallest absolute Gasteiger partial charge is 0.253 e. The van der Waals surface area contributed by atoms with E-state index in [2.05, 4.69) is 16.0 Å². The molecule has 33 heavy (non-hydrogen) atoms. The lowest BCUT2D eigenvalue weighted by atomic mass is 9.95. The quantitative estimate of drug-likeness (QED) is 0.416. The Morgan fingerprint density at radius 2 is 1.73 bits per heavy atom. The fraction of sp³-hybridized carbons (Fsp3) is 0.320. The molecule has 0 aliphatic heterocycles. The number of carbonyl (C=O) groups excluding carboxylic acids is 2. The fourth-order valence-electron chi connectivity index (χ4n) is 3.74. The van der Waals surface area contributed by atoms with Crippen molar-refractivity contribution in [2.75, 3.05) is 19.5 Å². The normalized spacial score (nSPS) is 13.9. The molecule has 0 unspecified atom stereocenters. The van der Waals surface area contributed by atoms with Crippen LogP contribution in [0.5, 0.6) is 11.5 Å². The summed E-state index contributed by atoms with van der Waals surface area (Å²) in [5.41, 5.74) is 1.80. The molecule has 1 fully saturated rings. The summed E-state index contributed by atoms with van der Waals surface area (Å²) in [7, 11) is 3.11. The Kier molecular flexibility index (Phi) is 8.83. The number of carbonyl (C=O) groups is 2. The van der Waals surface area contributed by atoms with Crippen LogP contribution in [0.4, 0.5) is 5.69 Å². The minimum atomic E-state index is -0.397. The predicted octanol–water partition coefficient (Wildman–Crippen LogP) is 4.29. The summed E-state index contributed by atoms with van der Waals surface area (Å²) < 4.78 is 10.5. The minimum absolute atomic E-state index is 0.106. The first kappa shape index (κ1) is 24.3. The number of hydrogen-bond donors (Lipinski definition) is 3. The molecule has 3 N–H and O–H groups in total. The fourth-order valence-corrected chi connectivity index (χ4v) is 3.95. The molecule has 0 bridgehead atoms. The maximum Gasteiger partial charge on any atom is 0.253 e. The van der Waals surface area contributed by atoms with Crippen molar-refractivity contribution in [2.45, 2.75) is 38.1 Å². The van der Waals surface area contributed by atoms with E-state index in [9.17, 15) is 9.59 Å². The first-order valence-electron chi connectivity index (χ1n) is 10.9. The van der Waals surface area contributed by atoms with Crippen molar-refractivity contribution in [3.05, 3.63) is 59.7 Å². The molecule has 0 spiro atoms. The molecule has 2 amide bonds. The maximum absolute atomic E-state index is 12.8. The van der Waals surface area contributed by atoms with Crippen LogP contribution in [0.15, 0.2) is 48.5 Å². The van der Waals surface area contributed by atoms with E-state index in [0.717, 1.165) is 31.2 Å². The Balaban J connectivity index is 1.58. The second-order valence-electron chi connectivity index (χ2n) is 7.75. The van der Waals surface area contributed by atoms with Crippen LogP contribution >= 0.6 is 12.2 Å². The van der Waals surface area contributed by atoms with Gasteiger partial charge in [0.25, 0.3) is 5.91 Å². The number of rotatable bonds is 7. The van der Waals surface area contributed by atoms with Crippen LogP contribution in [0.2, 0.25) is 0 Å². The molecule has 1 saturated carbocycles. The van der Waals surface area contributed by atoms with E-state index in [-0.39, 0.29) is 17.1 Å². The molecule has 0 aromatic heterocycles. The topological polar surface area (TPSA) is 88.7 Å². The monoisotopic (exact) mass is 467 g/mol. The van der Waals surface area contributed by atoms with Crippen molar-refractivity contribution in [3.8, 4) is 11.5 Å². The Morgan fingerprint density at radius 3 is 2.45 bits per heavy atom. The van der Waals surface area contributed by atoms with Gasteiger partial charge < -0.3 is 20.1 Å². The Hall–Kier alpha value is -3.39. The van der Waals surface area contributed by atoms with Crippen molar-refractivity contribution < 1.29 is 19.1 Å². The van der Waals surface area contributed by atoms with Gasteiger partial charge in [-0.05, 0) is 61.0 Å². The standard InChI is InChI=1S/C25H29N3O4S/c1-31-21-14-12-17(16-22(21)32-2)13-15-23(29)28-25(33)27-20-11-7-6-10-19(20)24(30)26-18-8-4-3-5-9-18/h6-7,10-16,18H,3-5,8-9H2,1-2H3,(H,26,30)(H2,27,28,29,33). The number of nitrogens with one attached hydrogen (secondary N) is 3. The minimum Gasteiger partial charge on any atom is -0.493 e. The first-order chi connectivity index (χ1) is 16.0. The number of hydrogen-bond acceptors (Lipinski definition) is 5. The molecule has 0 atom stereocenters. The summed E-state index contributed by atoms with van der Waals surface area (Å²) >= 11 is 5.28. The molecule has 7 nitrogen and oxygen atoms in total. The van der Waals surface area contributed by atoms with Crippen molar-refractivity contribution in [1.82, 2.24) is 10.6 Å². The summed E-state index contributed by atoms with van der Waals surface area (Å²) in [5, 5.41) is 8.78. The van der Waals surface area contributed by atoms with Crippen LogP contribution in [0.3, 0.4) is 0 Å². The Morgan fingerprint density at radius 1 is 1.00 bits per heavy atom. The molecule has 174 valence electrons. The van der Waals surface area contributed by atoms with Crippen LogP contribution in [0.25, 0.3) is 6.08 Å². The average molecular weight is 468 g/mol. The van der Waals surface area contributed by atoms with Gasteiger partial charge in [0.2, 0.25) is 5.91 Å². The summed E-state index contributed by atoms with van der Waals surface area (Å²) in [5.74, 6) is 0.634. The zero-order valence-electron chi connectivity index (χ0n) is 18.9. The third-order valence-corrected chi connectivity index (χ3v) is 5.64. The molecule has 0 heterocycles. The number of methoxy groups -OCH3 is 2. The molecule has 0 radical (unpaired) electrons. The zero-order valence-corrected chi connectivity index (χ0v) is 19.7. The van der Waals surface area contributed by atoms with Gasteiger partial charge in [0.05, 0.1) is 25.5 Å². The van der Waals surface area contributed by atoms with Gasteiger partial charge in [-0.2, -0.15) is 0 Å². The van der Waals surface area contributed by atoms with Gasteiger partial charge in [0, 0.05) is 12.1 Å². The van der Waals surface area contributed by atoms with Crippen molar-refractivity contribution in [2.24, 2.45) is 0 Å². The number of thiocarbonyl (C=S) groups is 1. The van der Waals surface area contributed by atoms with E-state index in [1.165, 1.54) is 12.5 Å². The van der Waals surface area contributed by atoms with Gasteiger partial charge in [-0.1, -0.05) is 37.5 Å². The molecular formula is C25H29N3O4S. The molecule has 8 heteroatoms. The summed E-state index contributed by atoms with van der Waals surface area (Å²) in [6.45, 7) is 0. The van der Waals surface area contributed by atoms with E-state index >= 15 is 0 Å². The highest BCUT2D eigenvalue weighted by Crippen LogP contribution is 2.28. The first-order valence-corrected chi connectivity index (χ1v) is 11.3. The second-order valence-corrected chi connectivity index (χ2v) is 8.15. The SMILES string of the molecule is COc1ccc(C=CC(=O)NC(=S)Nc2ccccc2C(=O)NC2CCCCC2)cc1OC. The summed E-state index contributed by atoms with van der Waals surface area (Å²) in [6.07, 6.45) is 8.52. The van der Waals surface area contributed by atoms with Crippen LogP contribution in [0, 0.1) is 0 Å². The van der Waals surface area contributed by atoms with Crippen LogP contribution in [-0.2, 0) is 4.79 Å². The molecule has 2 aromatic rings. The number of anilines is 1. The van der Waals surface area contributed by atoms with E-state index in [0.29, 0.717) is 22.7 Å². The third kappa shape index (κ3) is 7.05. The zero-order chi connectivity index (χ0) is 23.6. The lowest BCUT2D eigenvalue weighted by molar-refractivity contribution is -0.115. The van der Waals surface area contributed by atoms with E-state index in [1.807, 2.05) is 6.07 Å². The van der Waals surface area contributed by atoms with E-state index in [1.54, 1.807) is 56.7 Å². The van der Waals surface area contributed by atoms with Crippen molar-refractivity contribution in [3.63, 3.8) is 0 Å². The largest absolute Gasteiger partial charge is 0.493 e. The van der Waals surface area contributed by atoms with Crippen molar-refractivity contribution >= 4 is 40.9 Å². The average Bonchev–Trinajstić information content (AvgIpc) is 2.83. The summed E-state index contributed by atoms with van der Waals surface area (Å²) in [6, 6.07) is 12.6. The number of amides is 2. The Labute approximate surface area is 199 Å². The molecular weight excluding hydrogens is 438 g/mol. The van der Waals surface area contributed by atoms with Crippen molar-refractivity contribution in [1.29, 1.82) is 0 Å². The second kappa shape index (κ2) is 12.0. The molecule has 1 aliphatic rings. The van der Waals surface area contributed by atoms with Crippen LogP contribution in [-0.4, -0.2) is 37.2 Å². The highest BCUT2D eigenvalue weighted by atomic mass is 32.1. The number of para-hydroxylation sites is 1. The lowest BCUT2D eigenvalue weighted by Crippen LogP contribution is -2.37. The van der Waals surface area contributed by atoms with Gasteiger partial charge in [0.15, 0.2) is 16.6 Å². The van der Waals surface area contributed by atoms with Gasteiger partial charge >= 0.3 is 0 Å². The van der Waals surface area contributed by atoms with Gasteiger partial charge in [-0.15, -0.1) is 0 Å². The molecule has 0 saturated heterocycles. The van der Waals surface area contributed by atoms with Gasteiger partial charge in [-0.25, -0.2) is 0 Å². The van der Waals surface area contributed by atoms with Gasteiger partial charge in [-0.3, -0.25) is 14.9 Å². The molecule has 2 aromatic carbocycles. The maximum atomic E-state index is 12.8. The molecule has 3 rings (SSSR count).